The van der Waals surface area contributed by atoms with Crippen molar-refractivity contribution in [3.05, 3.63) is 54.1 Å². The number of para-hydroxylation sites is 1. The summed E-state index contributed by atoms with van der Waals surface area (Å²) in [5, 5.41) is 11.6. The summed E-state index contributed by atoms with van der Waals surface area (Å²) in [5.74, 6) is 2.47. The maximum absolute atomic E-state index is 11.1. The van der Waals surface area contributed by atoms with Crippen molar-refractivity contribution in [2.24, 2.45) is 5.92 Å². The van der Waals surface area contributed by atoms with Gasteiger partial charge in [-0.3, -0.25) is 4.90 Å². The molecule has 6 rings (SSSR count). The predicted molar refractivity (Wildman–Crippen MR) is 166 cm³/mol. The third-order valence-corrected chi connectivity index (χ3v) is 9.05. The van der Waals surface area contributed by atoms with Crippen LogP contribution in [0.15, 0.2) is 43.0 Å². The van der Waals surface area contributed by atoms with Gasteiger partial charge in [0.05, 0.1) is 12.2 Å². The first-order chi connectivity index (χ1) is 20.2. The Bertz CT molecular complexity index is 1350. The van der Waals surface area contributed by atoms with Crippen LogP contribution < -0.4 is 14.8 Å². The smallest absolute Gasteiger partial charge is 0.170 e. The highest BCUT2D eigenvalue weighted by molar-refractivity contribution is 5.95. The minimum atomic E-state index is 0.220. The van der Waals surface area contributed by atoms with Gasteiger partial charge in [0.1, 0.15) is 19.5 Å². The highest BCUT2D eigenvalue weighted by atomic mass is 16.5. The SMILES string of the molecule is C=C(NC)c1ccc2c(C3CCCCC3)c3n(c2c1)CCOc1c(OCCN2CCC(C=O)CC2)cccc1-3.CO. The highest BCUT2D eigenvalue weighted by Gasteiger charge is 2.30. The first-order valence-electron chi connectivity index (χ1n) is 15.2. The molecule has 2 aliphatic heterocycles. The highest BCUT2D eigenvalue weighted by Crippen LogP contribution is 2.49. The number of benzene rings is 2. The van der Waals surface area contributed by atoms with E-state index < -0.39 is 0 Å². The summed E-state index contributed by atoms with van der Waals surface area (Å²) in [5.41, 5.74) is 7.25. The fourth-order valence-corrected chi connectivity index (χ4v) is 6.84. The molecule has 1 aliphatic carbocycles. The van der Waals surface area contributed by atoms with Gasteiger partial charge < -0.3 is 29.3 Å². The lowest BCUT2D eigenvalue weighted by molar-refractivity contribution is -0.112. The molecule has 41 heavy (non-hydrogen) atoms. The van der Waals surface area contributed by atoms with E-state index in [9.17, 15) is 4.79 Å². The lowest BCUT2D eigenvalue weighted by Gasteiger charge is -2.29. The first kappa shape index (κ1) is 29.2. The number of aromatic nitrogens is 1. The molecule has 2 fully saturated rings. The van der Waals surface area contributed by atoms with Crippen LogP contribution in [-0.4, -0.2) is 67.9 Å². The van der Waals surface area contributed by atoms with Crippen LogP contribution in [0.3, 0.4) is 0 Å². The third-order valence-electron chi connectivity index (χ3n) is 9.05. The van der Waals surface area contributed by atoms with E-state index in [2.05, 4.69) is 51.7 Å². The van der Waals surface area contributed by atoms with E-state index in [0.29, 0.717) is 19.1 Å². The Morgan fingerprint density at radius 3 is 2.61 bits per heavy atom. The largest absolute Gasteiger partial charge is 0.488 e. The molecule has 0 spiro atoms. The van der Waals surface area contributed by atoms with E-state index in [-0.39, 0.29) is 5.92 Å². The second-order valence-corrected chi connectivity index (χ2v) is 11.4. The summed E-state index contributed by atoms with van der Waals surface area (Å²) >= 11 is 0. The molecule has 3 aliphatic rings. The van der Waals surface area contributed by atoms with E-state index in [1.807, 2.05) is 13.1 Å². The summed E-state index contributed by atoms with van der Waals surface area (Å²) in [6, 6.07) is 13.2. The molecule has 1 saturated carbocycles. The minimum Gasteiger partial charge on any atom is -0.488 e. The molecule has 1 aromatic heterocycles. The Morgan fingerprint density at radius 1 is 1.10 bits per heavy atom. The maximum atomic E-state index is 11.1. The van der Waals surface area contributed by atoms with Crippen molar-refractivity contribution >= 4 is 22.9 Å². The molecule has 0 radical (unpaired) electrons. The van der Waals surface area contributed by atoms with Gasteiger partial charge in [-0.25, -0.2) is 0 Å². The number of hydrogen-bond acceptors (Lipinski definition) is 6. The number of aldehydes is 1. The standard InChI is InChI=1S/C33H41N3O3.CH4O/c1-23(34-2)26-11-12-27-29(21-26)36-18-20-39-33-28(32(36)31(27)25-7-4-3-5-8-25)9-6-10-30(33)38-19-17-35-15-13-24(22-37)14-16-35;1-2/h6,9-12,21-22,24-25,34H,1,3-5,7-8,13-20H2,2H3;2H,1H3. The van der Waals surface area contributed by atoms with Gasteiger partial charge in [0, 0.05) is 48.8 Å². The van der Waals surface area contributed by atoms with Crippen LogP contribution in [-0.2, 0) is 11.3 Å². The Morgan fingerprint density at radius 2 is 1.88 bits per heavy atom. The number of nitrogens with zero attached hydrogens (tertiary/aromatic N) is 2. The number of piperidine rings is 1. The maximum Gasteiger partial charge on any atom is 0.170 e. The molecular weight excluding hydrogens is 514 g/mol. The van der Waals surface area contributed by atoms with Crippen LogP contribution in [0.25, 0.3) is 27.9 Å². The molecule has 220 valence electrons. The van der Waals surface area contributed by atoms with Crippen molar-refractivity contribution in [3.8, 4) is 22.8 Å². The van der Waals surface area contributed by atoms with Gasteiger partial charge in [-0.2, -0.15) is 0 Å². The average Bonchev–Trinajstić information content (AvgIpc) is 3.23. The van der Waals surface area contributed by atoms with Crippen molar-refractivity contribution in [3.63, 3.8) is 0 Å². The number of aliphatic hydroxyl groups is 1. The van der Waals surface area contributed by atoms with Crippen molar-refractivity contribution in [2.45, 2.75) is 57.4 Å². The van der Waals surface area contributed by atoms with Gasteiger partial charge in [-0.15, -0.1) is 0 Å². The van der Waals surface area contributed by atoms with Crippen molar-refractivity contribution in [1.29, 1.82) is 0 Å². The summed E-state index contributed by atoms with van der Waals surface area (Å²) in [4.78, 5) is 13.5. The average molecular weight is 560 g/mol. The number of rotatable bonds is 8. The van der Waals surface area contributed by atoms with Crippen LogP contribution >= 0.6 is 0 Å². The quantitative estimate of drug-likeness (QED) is 0.338. The first-order valence-corrected chi connectivity index (χ1v) is 15.2. The molecule has 7 nitrogen and oxygen atoms in total. The van der Waals surface area contributed by atoms with E-state index >= 15 is 0 Å². The third kappa shape index (κ3) is 6.02. The zero-order chi connectivity index (χ0) is 28.8. The number of likely N-dealkylation sites (tertiary alicyclic amines) is 1. The topological polar surface area (TPSA) is 76.0 Å². The number of aliphatic hydroxyl groups excluding tert-OH is 1. The van der Waals surface area contributed by atoms with E-state index in [4.69, 9.17) is 14.6 Å². The fraction of sp³-hybridized carbons (Fsp3) is 0.500. The normalized spacial score (nSPS) is 17.8. The monoisotopic (exact) mass is 559 g/mol. The van der Waals surface area contributed by atoms with E-state index in [0.717, 1.165) is 80.7 Å². The lowest BCUT2D eigenvalue weighted by atomic mass is 9.81. The lowest BCUT2D eigenvalue weighted by Crippen LogP contribution is -2.36. The summed E-state index contributed by atoms with van der Waals surface area (Å²) < 4.78 is 15.3. The molecule has 3 aromatic rings. The molecule has 7 heteroatoms. The molecule has 3 heterocycles. The number of carbonyl (C=O) groups excluding carboxylic acids is 1. The van der Waals surface area contributed by atoms with Crippen molar-refractivity contribution in [1.82, 2.24) is 14.8 Å². The Balaban J connectivity index is 0.00000165. The molecule has 0 bridgehead atoms. The van der Waals surface area contributed by atoms with Crippen LogP contribution in [0, 0.1) is 5.92 Å². The molecule has 2 aromatic carbocycles. The van der Waals surface area contributed by atoms with E-state index in [1.165, 1.54) is 54.3 Å². The Hall–Kier alpha value is -3.29. The van der Waals surface area contributed by atoms with Crippen LogP contribution in [0.4, 0.5) is 0 Å². The summed E-state index contributed by atoms with van der Waals surface area (Å²) in [7, 11) is 2.93. The Kier molecular flexibility index (Phi) is 9.68. The number of fused-ring (bicyclic) bond motifs is 5. The van der Waals surface area contributed by atoms with E-state index in [1.54, 1.807) is 0 Å². The van der Waals surface area contributed by atoms with Gasteiger partial charge in [0.25, 0.3) is 0 Å². The van der Waals surface area contributed by atoms with Gasteiger partial charge in [0.15, 0.2) is 11.5 Å². The van der Waals surface area contributed by atoms with Crippen LogP contribution in [0.2, 0.25) is 0 Å². The van der Waals surface area contributed by atoms with Crippen LogP contribution in [0.5, 0.6) is 11.5 Å². The minimum absolute atomic E-state index is 0.220. The molecule has 0 amide bonds. The summed E-state index contributed by atoms with van der Waals surface area (Å²) in [6.45, 7) is 9.01. The number of ether oxygens (including phenoxy) is 2. The number of hydrogen-bond donors (Lipinski definition) is 2. The zero-order valence-corrected chi connectivity index (χ0v) is 24.7. The Labute approximate surface area is 244 Å². The summed E-state index contributed by atoms with van der Waals surface area (Å²) in [6.07, 6.45) is 9.42. The molecule has 0 atom stereocenters. The number of carbonyl (C=O) groups is 1. The molecule has 2 N–H and O–H groups in total. The van der Waals surface area contributed by atoms with Gasteiger partial charge in [0.2, 0.25) is 0 Å². The second kappa shape index (κ2) is 13.6. The predicted octanol–water partition coefficient (Wildman–Crippen LogP) is 5.84. The zero-order valence-electron chi connectivity index (χ0n) is 24.7. The van der Waals surface area contributed by atoms with Gasteiger partial charge in [-0.05, 0) is 74.0 Å². The molecule has 1 saturated heterocycles. The van der Waals surface area contributed by atoms with Gasteiger partial charge in [-0.1, -0.05) is 44.0 Å². The van der Waals surface area contributed by atoms with Crippen LogP contribution in [0.1, 0.15) is 62.0 Å². The van der Waals surface area contributed by atoms with Crippen molar-refractivity contribution in [2.75, 3.05) is 47.0 Å². The molecular formula is C34H45N3O4. The fourth-order valence-electron chi connectivity index (χ4n) is 6.84. The molecule has 0 unspecified atom stereocenters. The number of nitrogens with one attached hydrogen (secondary N) is 1. The van der Waals surface area contributed by atoms with Crippen molar-refractivity contribution < 1.29 is 19.4 Å². The second-order valence-electron chi connectivity index (χ2n) is 11.4. The van der Waals surface area contributed by atoms with Gasteiger partial charge >= 0.3 is 0 Å².